The van der Waals surface area contributed by atoms with Crippen molar-refractivity contribution in [2.24, 2.45) is 4.99 Å². The van der Waals surface area contributed by atoms with Crippen LogP contribution in [0, 0.1) is 0 Å². The van der Waals surface area contributed by atoms with Crippen molar-refractivity contribution in [3.63, 3.8) is 0 Å². The maximum absolute atomic E-state index is 11.5. The lowest BCUT2D eigenvalue weighted by Gasteiger charge is -2.32. The Bertz CT molecular complexity index is 564. The first-order chi connectivity index (χ1) is 11.7. The maximum atomic E-state index is 11.5. The highest BCUT2D eigenvalue weighted by atomic mass is 127. The van der Waals surface area contributed by atoms with E-state index in [9.17, 15) is 8.42 Å². The van der Waals surface area contributed by atoms with Gasteiger partial charge in [0.2, 0.25) is 10.0 Å². The molecule has 0 spiro atoms. The topological polar surface area (TPSA) is 86.3 Å². The van der Waals surface area contributed by atoms with Crippen LogP contribution in [-0.4, -0.2) is 94.5 Å². The molecule has 2 N–H and O–H groups in total. The van der Waals surface area contributed by atoms with E-state index in [0.29, 0.717) is 12.6 Å². The molecule has 0 amide bonds. The summed E-state index contributed by atoms with van der Waals surface area (Å²) in [6.07, 6.45) is 2.30. The highest BCUT2D eigenvalue weighted by Gasteiger charge is 2.30. The smallest absolute Gasteiger partial charge is 0.209 e. The summed E-state index contributed by atoms with van der Waals surface area (Å²) in [7, 11) is -3.26. The summed E-state index contributed by atoms with van der Waals surface area (Å²) in [4.78, 5) is 9.47. The van der Waals surface area contributed by atoms with Gasteiger partial charge < -0.3 is 15.0 Å². The van der Waals surface area contributed by atoms with E-state index in [2.05, 4.69) is 19.8 Å². The average Bonchev–Trinajstić information content (AvgIpc) is 3.00. The van der Waals surface area contributed by atoms with Crippen LogP contribution in [-0.2, 0) is 14.8 Å². The Labute approximate surface area is 175 Å². The number of nitrogens with one attached hydrogen (secondary N) is 2. The van der Waals surface area contributed by atoms with Crippen molar-refractivity contribution >= 4 is 40.0 Å². The molecule has 0 radical (unpaired) electrons. The van der Waals surface area contributed by atoms with Crippen LogP contribution in [0.25, 0.3) is 0 Å². The molecule has 0 aliphatic carbocycles. The van der Waals surface area contributed by atoms with Crippen molar-refractivity contribution in [1.29, 1.82) is 0 Å². The lowest BCUT2D eigenvalue weighted by molar-refractivity contribution is 0.0195. The number of hydrogen-bond donors (Lipinski definition) is 2. The minimum atomic E-state index is -3.26. The van der Waals surface area contributed by atoms with Gasteiger partial charge in [0, 0.05) is 44.3 Å². The van der Waals surface area contributed by atoms with E-state index in [-0.39, 0.29) is 24.0 Å². The quantitative estimate of drug-likeness (QED) is 0.308. The van der Waals surface area contributed by atoms with Crippen LogP contribution in [0.4, 0.5) is 0 Å². The Morgan fingerprint density at radius 1 is 1.27 bits per heavy atom. The molecule has 154 valence electrons. The number of aliphatic imine (C=N–C) groups is 1. The van der Waals surface area contributed by atoms with E-state index >= 15 is 0 Å². The molecular weight excluding hydrogens is 469 g/mol. The van der Waals surface area contributed by atoms with Crippen LogP contribution in [0.5, 0.6) is 0 Å². The fourth-order valence-electron chi connectivity index (χ4n) is 3.41. The second kappa shape index (κ2) is 10.4. The van der Waals surface area contributed by atoms with Gasteiger partial charge in [0.25, 0.3) is 0 Å². The van der Waals surface area contributed by atoms with E-state index in [1.807, 2.05) is 20.8 Å². The Kier molecular flexibility index (Phi) is 9.54. The summed E-state index contributed by atoms with van der Waals surface area (Å²) in [5, 5.41) is 3.34. The van der Waals surface area contributed by atoms with Crippen molar-refractivity contribution in [2.75, 3.05) is 58.7 Å². The van der Waals surface area contributed by atoms with Crippen LogP contribution in [0.3, 0.4) is 0 Å². The molecule has 1 atom stereocenters. The molecule has 26 heavy (non-hydrogen) atoms. The van der Waals surface area contributed by atoms with Gasteiger partial charge in [-0.05, 0) is 27.2 Å². The Morgan fingerprint density at radius 3 is 2.50 bits per heavy atom. The van der Waals surface area contributed by atoms with Gasteiger partial charge in [-0.1, -0.05) is 0 Å². The number of likely N-dealkylation sites (tertiary alicyclic amines) is 1. The zero-order valence-electron chi connectivity index (χ0n) is 16.3. The maximum Gasteiger partial charge on any atom is 0.209 e. The molecule has 2 rings (SSSR count). The fraction of sp³-hybridized carbons (Fsp3) is 0.938. The van der Waals surface area contributed by atoms with Crippen LogP contribution in [0.15, 0.2) is 4.99 Å². The van der Waals surface area contributed by atoms with Crippen molar-refractivity contribution in [1.82, 2.24) is 19.8 Å². The van der Waals surface area contributed by atoms with Gasteiger partial charge >= 0.3 is 0 Å². The number of morpholine rings is 1. The highest BCUT2D eigenvalue weighted by Crippen LogP contribution is 2.17. The molecule has 2 aliphatic rings. The first-order valence-corrected chi connectivity index (χ1v) is 10.9. The van der Waals surface area contributed by atoms with E-state index < -0.39 is 15.6 Å². The van der Waals surface area contributed by atoms with Crippen LogP contribution >= 0.6 is 24.0 Å². The molecule has 2 heterocycles. The average molecular weight is 503 g/mol. The van der Waals surface area contributed by atoms with Crippen molar-refractivity contribution in [3.8, 4) is 0 Å². The summed E-state index contributed by atoms with van der Waals surface area (Å²) < 4.78 is 31.1. The predicted molar refractivity (Wildman–Crippen MR) is 116 cm³/mol. The van der Waals surface area contributed by atoms with Gasteiger partial charge in [-0.25, -0.2) is 13.1 Å². The largest absolute Gasteiger partial charge is 0.379 e. The monoisotopic (exact) mass is 503 g/mol. The van der Waals surface area contributed by atoms with Crippen molar-refractivity contribution < 1.29 is 13.2 Å². The Morgan fingerprint density at radius 2 is 1.92 bits per heavy atom. The molecule has 2 fully saturated rings. The van der Waals surface area contributed by atoms with Gasteiger partial charge in [-0.3, -0.25) is 9.89 Å². The first kappa shape index (κ1) is 23.9. The lowest BCUT2D eigenvalue weighted by atomic mass is 10.1. The summed E-state index contributed by atoms with van der Waals surface area (Å²) in [6.45, 7) is 12.5. The second-order valence-corrected chi connectivity index (χ2v) is 9.21. The normalized spacial score (nSPS) is 23.0. The minimum Gasteiger partial charge on any atom is -0.379 e. The molecule has 0 aromatic heterocycles. The molecule has 1 unspecified atom stereocenters. The number of nitrogens with zero attached hydrogens (tertiary/aromatic N) is 3. The third kappa shape index (κ3) is 7.83. The fourth-order valence-corrected chi connectivity index (χ4v) is 4.48. The standard InChI is InChI=1S/C16H33N5O3S.HI/c1-5-17-15(18-13-16(2,3)19-25(4,22)23)21-7-6-14(12-21)20-8-10-24-11-9-20;/h14,19H,5-13H2,1-4H3,(H,17,18);1H. The first-order valence-electron chi connectivity index (χ1n) is 9.04. The van der Waals surface area contributed by atoms with Gasteiger partial charge in [0.05, 0.1) is 26.0 Å². The zero-order valence-corrected chi connectivity index (χ0v) is 19.5. The molecule has 0 aromatic rings. The molecule has 8 nitrogen and oxygen atoms in total. The van der Waals surface area contributed by atoms with Gasteiger partial charge in [0.1, 0.15) is 0 Å². The lowest BCUT2D eigenvalue weighted by Crippen LogP contribution is -2.48. The summed E-state index contributed by atoms with van der Waals surface area (Å²) in [5.74, 6) is 0.863. The van der Waals surface area contributed by atoms with Crippen LogP contribution < -0.4 is 10.0 Å². The number of ether oxygens (including phenoxy) is 1. The molecule has 2 aliphatic heterocycles. The number of rotatable bonds is 6. The summed E-state index contributed by atoms with van der Waals surface area (Å²) >= 11 is 0. The van der Waals surface area contributed by atoms with Crippen LogP contribution in [0.1, 0.15) is 27.2 Å². The van der Waals surface area contributed by atoms with E-state index in [0.717, 1.165) is 58.3 Å². The number of hydrogen-bond acceptors (Lipinski definition) is 5. The van der Waals surface area contributed by atoms with Crippen molar-refractivity contribution in [3.05, 3.63) is 0 Å². The second-order valence-electron chi connectivity index (χ2n) is 7.47. The SMILES string of the molecule is CCNC(=NCC(C)(C)NS(C)(=O)=O)N1CCC(N2CCOCC2)C1.I. The molecular formula is C16H34IN5O3S. The Balaban J connectivity index is 0.00000338. The van der Waals surface area contributed by atoms with Crippen molar-refractivity contribution in [2.45, 2.75) is 38.8 Å². The molecule has 2 saturated heterocycles. The van der Waals surface area contributed by atoms with Crippen LogP contribution in [0.2, 0.25) is 0 Å². The Hall–Kier alpha value is -0.170. The van der Waals surface area contributed by atoms with Gasteiger partial charge in [-0.15, -0.1) is 24.0 Å². The summed E-state index contributed by atoms with van der Waals surface area (Å²) in [6, 6.07) is 0.537. The van der Waals surface area contributed by atoms with E-state index in [1.54, 1.807) is 0 Å². The third-order valence-corrected chi connectivity index (χ3v) is 5.37. The predicted octanol–water partition coefficient (Wildman–Crippen LogP) is 0.304. The highest BCUT2D eigenvalue weighted by molar-refractivity contribution is 14.0. The molecule has 0 bridgehead atoms. The number of halogens is 1. The number of sulfonamides is 1. The third-order valence-electron chi connectivity index (χ3n) is 4.45. The minimum absolute atomic E-state index is 0. The molecule has 0 saturated carbocycles. The summed E-state index contributed by atoms with van der Waals surface area (Å²) in [5.41, 5.74) is -0.614. The van der Waals surface area contributed by atoms with E-state index in [1.165, 1.54) is 6.26 Å². The molecule has 10 heteroatoms. The van der Waals surface area contributed by atoms with E-state index in [4.69, 9.17) is 9.73 Å². The van der Waals surface area contributed by atoms with Gasteiger partial charge in [0.15, 0.2) is 5.96 Å². The molecule has 0 aromatic carbocycles. The zero-order chi connectivity index (χ0) is 18.5. The number of guanidine groups is 1. The van der Waals surface area contributed by atoms with Gasteiger partial charge in [-0.2, -0.15) is 0 Å².